The van der Waals surface area contributed by atoms with Crippen LogP contribution in [0.2, 0.25) is 0 Å². The van der Waals surface area contributed by atoms with E-state index in [0.29, 0.717) is 17.8 Å². The highest BCUT2D eigenvalue weighted by atomic mass is 19.1. The second-order valence-corrected chi connectivity index (χ2v) is 3.52. The lowest BCUT2D eigenvalue weighted by Gasteiger charge is -2.22. The molecule has 3 heteroatoms. The summed E-state index contributed by atoms with van der Waals surface area (Å²) < 4.78 is 13.5. The first kappa shape index (κ1) is 11.7. The number of benzene rings is 1. The van der Waals surface area contributed by atoms with E-state index < -0.39 is 6.10 Å². The van der Waals surface area contributed by atoms with Crippen LogP contribution in [0, 0.1) is 5.82 Å². The van der Waals surface area contributed by atoms with E-state index in [-0.39, 0.29) is 5.82 Å². The molecule has 1 atom stereocenters. The summed E-state index contributed by atoms with van der Waals surface area (Å²) in [5, 5.41) is 9.51. The molecule has 1 aromatic rings. The zero-order valence-electron chi connectivity index (χ0n) is 9.07. The fourth-order valence-electron chi connectivity index (χ4n) is 1.56. The normalized spacial score (nSPS) is 12.3. The Bertz CT molecular complexity index is 349. The number of aliphatic hydroxyl groups is 1. The predicted molar refractivity (Wildman–Crippen MR) is 60.5 cm³/mol. The third-order valence-electron chi connectivity index (χ3n) is 2.26. The molecule has 1 rings (SSSR count). The van der Waals surface area contributed by atoms with Crippen LogP contribution in [0.3, 0.4) is 0 Å². The van der Waals surface area contributed by atoms with Gasteiger partial charge < -0.3 is 10.0 Å². The largest absolute Gasteiger partial charge is 0.389 e. The fraction of sp³-hybridized carbons (Fsp3) is 0.333. The zero-order valence-corrected chi connectivity index (χ0v) is 9.07. The van der Waals surface area contributed by atoms with Crippen molar-refractivity contribution in [2.24, 2.45) is 0 Å². The van der Waals surface area contributed by atoms with E-state index >= 15 is 0 Å². The van der Waals surface area contributed by atoms with Crippen LogP contribution in [0.5, 0.6) is 0 Å². The molecule has 0 aliphatic heterocycles. The Morgan fingerprint density at radius 1 is 1.60 bits per heavy atom. The van der Waals surface area contributed by atoms with E-state index in [9.17, 15) is 9.50 Å². The van der Waals surface area contributed by atoms with E-state index in [4.69, 9.17) is 0 Å². The van der Waals surface area contributed by atoms with Gasteiger partial charge >= 0.3 is 0 Å². The summed E-state index contributed by atoms with van der Waals surface area (Å²) in [6.45, 7) is 5.80. The Kier molecular flexibility index (Phi) is 3.86. The molecule has 0 amide bonds. The first-order valence-electron chi connectivity index (χ1n) is 4.86. The Morgan fingerprint density at radius 3 is 2.80 bits per heavy atom. The van der Waals surface area contributed by atoms with E-state index in [1.165, 1.54) is 6.07 Å². The van der Waals surface area contributed by atoms with Crippen LogP contribution in [0.1, 0.15) is 18.6 Å². The summed E-state index contributed by atoms with van der Waals surface area (Å²) >= 11 is 0. The molecule has 0 aliphatic carbocycles. The summed E-state index contributed by atoms with van der Waals surface area (Å²) in [4.78, 5) is 1.85. The van der Waals surface area contributed by atoms with Gasteiger partial charge in [-0.05, 0) is 19.1 Å². The summed E-state index contributed by atoms with van der Waals surface area (Å²) in [6, 6.07) is 4.78. The van der Waals surface area contributed by atoms with E-state index in [1.54, 1.807) is 25.1 Å². The summed E-state index contributed by atoms with van der Waals surface area (Å²) in [5.74, 6) is -0.376. The average molecular weight is 209 g/mol. The highest BCUT2D eigenvalue weighted by Crippen LogP contribution is 2.27. The van der Waals surface area contributed by atoms with Gasteiger partial charge in [0.15, 0.2) is 0 Å². The van der Waals surface area contributed by atoms with Gasteiger partial charge in [-0.1, -0.05) is 12.1 Å². The molecule has 0 fully saturated rings. The third-order valence-corrected chi connectivity index (χ3v) is 2.26. The summed E-state index contributed by atoms with van der Waals surface area (Å²) in [6.07, 6.45) is 0.921. The smallest absolute Gasteiger partial charge is 0.131 e. The molecule has 0 unspecified atom stereocenters. The molecule has 82 valence electrons. The van der Waals surface area contributed by atoms with Gasteiger partial charge in [-0.15, -0.1) is 6.58 Å². The number of hydrogen-bond donors (Lipinski definition) is 1. The molecule has 2 nitrogen and oxygen atoms in total. The van der Waals surface area contributed by atoms with Gasteiger partial charge in [0.1, 0.15) is 5.82 Å². The zero-order chi connectivity index (χ0) is 11.4. The minimum atomic E-state index is -0.812. The van der Waals surface area contributed by atoms with Gasteiger partial charge in [0.05, 0.1) is 6.10 Å². The van der Waals surface area contributed by atoms with Crippen molar-refractivity contribution in [2.45, 2.75) is 13.0 Å². The van der Waals surface area contributed by atoms with Gasteiger partial charge in [-0.3, -0.25) is 0 Å². The summed E-state index contributed by atoms with van der Waals surface area (Å²) in [5.41, 5.74) is 1.03. The van der Waals surface area contributed by atoms with Crippen LogP contribution < -0.4 is 4.90 Å². The number of nitrogens with zero attached hydrogens (tertiary/aromatic N) is 1. The van der Waals surface area contributed by atoms with E-state index in [2.05, 4.69) is 6.58 Å². The first-order chi connectivity index (χ1) is 7.07. The number of anilines is 1. The predicted octanol–water partition coefficient (Wildman–Crippen LogP) is 2.50. The molecule has 0 heterocycles. The monoisotopic (exact) mass is 209 g/mol. The Hall–Kier alpha value is -1.35. The lowest BCUT2D eigenvalue weighted by Crippen LogP contribution is -2.19. The lowest BCUT2D eigenvalue weighted by molar-refractivity contribution is 0.194. The van der Waals surface area contributed by atoms with Crippen LogP contribution >= 0.6 is 0 Å². The van der Waals surface area contributed by atoms with Crippen LogP contribution in [0.25, 0.3) is 0 Å². The Morgan fingerprint density at radius 2 is 2.27 bits per heavy atom. The van der Waals surface area contributed by atoms with Crippen LogP contribution in [0.4, 0.5) is 10.1 Å². The number of rotatable bonds is 4. The second-order valence-electron chi connectivity index (χ2n) is 3.52. The van der Waals surface area contributed by atoms with Gasteiger partial charge in [-0.2, -0.15) is 0 Å². The fourth-order valence-corrected chi connectivity index (χ4v) is 1.56. The van der Waals surface area contributed by atoms with Gasteiger partial charge in [-0.25, -0.2) is 4.39 Å². The molecule has 0 aliphatic rings. The van der Waals surface area contributed by atoms with E-state index in [1.807, 2.05) is 11.9 Å². The van der Waals surface area contributed by atoms with Crippen molar-refractivity contribution in [1.82, 2.24) is 0 Å². The van der Waals surface area contributed by atoms with Crippen molar-refractivity contribution in [2.75, 3.05) is 18.5 Å². The average Bonchev–Trinajstić information content (AvgIpc) is 2.17. The molecule has 0 bridgehead atoms. The quantitative estimate of drug-likeness (QED) is 0.770. The van der Waals surface area contributed by atoms with Crippen LogP contribution in [-0.2, 0) is 0 Å². The van der Waals surface area contributed by atoms with Gasteiger partial charge in [0.25, 0.3) is 0 Å². The van der Waals surface area contributed by atoms with Crippen molar-refractivity contribution in [3.8, 4) is 0 Å². The second kappa shape index (κ2) is 4.94. The topological polar surface area (TPSA) is 23.5 Å². The molecule has 0 aromatic heterocycles. The maximum atomic E-state index is 13.5. The molecule has 0 saturated heterocycles. The summed E-state index contributed by atoms with van der Waals surface area (Å²) in [7, 11) is 1.84. The molecule has 1 aromatic carbocycles. The number of hydrogen-bond acceptors (Lipinski definition) is 2. The van der Waals surface area contributed by atoms with Crippen LogP contribution in [0.15, 0.2) is 30.9 Å². The maximum Gasteiger partial charge on any atom is 0.131 e. The van der Waals surface area contributed by atoms with Crippen molar-refractivity contribution in [3.63, 3.8) is 0 Å². The number of likely N-dealkylation sites (N-methyl/N-ethyl adjacent to an activating group) is 1. The van der Waals surface area contributed by atoms with Gasteiger partial charge in [0.2, 0.25) is 0 Å². The Balaban J connectivity index is 3.16. The van der Waals surface area contributed by atoms with Crippen LogP contribution in [-0.4, -0.2) is 18.7 Å². The molecule has 0 spiro atoms. The third kappa shape index (κ3) is 2.57. The van der Waals surface area contributed by atoms with E-state index in [0.717, 1.165) is 0 Å². The maximum absolute atomic E-state index is 13.5. The van der Waals surface area contributed by atoms with Crippen molar-refractivity contribution >= 4 is 5.69 Å². The highest BCUT2D eigenvalue weighted by Gasteiger charge is 2.15. The first-order valence-corrected chi connectivity index (χ1v) is 4.86. The molecule has 0 saturated carbocycles. The minimum absolute atomic E-state index is 0.335. The standard InChI is InChI=1S/C12H16FNO/c1-4-8-14(3)11-7-5-6-10(13)12(11)9(2)15/h4-7,9,15H,1,8H2,2-3H3/t9-/m1/s1. The van der Waals surface area contributed by atoms with Crippen molar-refractivity contribution in [1.29, 1.82) is 0 Å². The molecule has 1 N–H and O–H groups in total. The molecule has 15 heavy (non-hydrogen) atoms. The number of aliphatic hydroxyl groups excluding tert-OH is 1. The van der Waals surface area contributed by atoms with Crippen molar-refractivity contribution in [3.05, 3.63) is 42.2 Å². The Labute approximate surface area is 89.7 Å². The van der Waals surface area contributed by atoms with Gasteiger partial charge in [0, 0.05) is 24.8 Å². The highest BCUT2D eigenvalue weighted by molar-refractivity contribution is 5.54. The van der Waals surface area contributed by atoms with Crippen molar-refractivity contribution < 1.29 is 9.50 Å². The molecular weight excluding hydrogens is 193 g/mol. The number of halogens is 1. The molecule has 0 radical (unpaired) electrons. The lowest BCUT2D eigenvalue weighted by atomic mass is 10.1. The minimum Gasteiger partial charge on any atom is -0.389 e. The molecular formula is C12H16FNO. The SMILES string of the molecule is C=CCN(C)c1cccc(F)c1[C@@H](C)O.